The predicted octanol–water partition coefficient (Wildman–Crippen LogP) is 0.845. The number of rotatable bonds is 9. The zero-order chi connectivity index (χ0) is 10.1. The van der Waals surface area contributed by atoms with E-state index >= 15 is 0 Å². The van der Waals surface area contributed by atoms with Crippen LogP contribution >= 0.6 is 0 Å². The van der Waals surface area contributed by atoms with E-state index in [1.807, 2.05) is 6.92 Å². The van der Waals surface area contributed by atoms with Crippen molar-refractivity contribution in [1.29, 1.82) is 0 Å². The lowest BCUT2D eigenvalue weighted by molar-refractivity contribution is -0.0994. The second-order valence-electron chi connectivity index (χ2n) is 3.17. The minimum atomic E-state index is 0.332. The van der Waals surface area contributed by atoms with Gasteiger partial charge in [-0.05, 0) is 13.3 Å². The van der Waals surface area contributed by atoms with Crippen LogP contribution in [0.25, 0.3) is 0 Å². The molecule has 1 fully saturated rings. The van der Waals surface area contributed by atoms with Gasteiger partial charge in [0.15, 0.2) is 0 Å². The molecular formula is C10H20O4. The molecule has 0 aromatic heterocycles. The lowest BCUT2D eigenvalue weighted by atomic mass is 10.2. The van der Waals surface area contributed by atoms with Crippen molar-refractivity contribution >= 4 is 0 Å². The molecule has 0 aromatic carbocycles. The maximum atomic E-state index is 5.35. The fourth-order valence-electron chi connectivity index (χ4n) is 1.11. The summed E-state index contributed by atoms with van der Waals surface area (Å²) in [5.74, 6) is 0. The summed E-state index contributed by atoms with van der Waals surface area (Å²) >= 11 is 0. The maximum Gasteiger partial charge on any atom is 0.0830 e. The lowest BCUT2D eigenvalue weighted by Crippen LogP contribution is -2.31. The van der Waals surface area contributed by atoms with E-state index in [-0.39, 0.29) is 0 Å². The summed E-state index contributed by atoms with van der Waals surface area (Å²) in [6, 6.07) is 0. The number of hydrogen-bond donors (Lipinski definition) is 0. The summed E-state index contributed by atoms with van der Waals surface area (Å²) in [6.45, 7) is 6.92. The molecule has 1 saturated heterocycles. The molecule has 0 amide bonds. The van der Waals surface area contributed by atoms with Gasteiger partial charge in [0, 0.05) is 13.2 Å². The van der Waals surface area contributed by atoms with E-state index in [4.69, 9.17) is 18.9 Å². The molecule has 4 heteroatoms. The van der Waals surface area contributed by atoms with Gasteiger partial charge in [-0.1, -0.05) is 0 Å². The summed E-state index contributed by atoms with van der Waals surface area (Å²) in [4.78, 5) is 0. The molecule has 84 valence electrons. The molecule has 1 unspecified atom stereocenters. The molecule has 4 nitrogen and oxygen atoms in total. The first-order chi connectivity index (χ1) is 6.93. The Hall–Kier alpha value is -0.160. The first-order valence-corrected chi connectivity index (χ1v) is 5.28. The molecule has 0 radical (unpaired) electrons. The van der Waals surface area contributed by atoms with E-state index in [1.54, 1.807) is 0 Å². The Kier molecular flexibility index (Phi) is 6.95. The van der Waals surface area contributed by atoms with Crippen LogP contribution in [0.4, 0.5) is 0 Å². The largest absolute Gasteiger partial charge is 0.379 e. The maximum absolute atomic E-state index is 5.35. The van der Waals surface area contributed by atoms with Gasteiger partial charge in [0.25, 0.3) is 0 Å². The highest BCUT2D eigenvalue weighted by atomic mass is 16.6. The van der Waals surface area contributed by atoms with Gasteiger partial charge in [0.1, 0.15) is 0 Å². The third-order valence-corrected chi connectivity index (χ3v) is 2.05. The van der Waals surface area contributed by atoms with E-state index in [1.165, 1.54) is 0 Å². The van der Waals surface area contributed by atoms with E-state index in [2.05, 4.69) is 0 Å². The Morgan fingerprint density at radius 3 is 2.29 bits per heavy atom. The molecule has 1 atom stereocenters. The molecular weight excluding hydrogens is 184 g/mol. The van der Waals surface area contributed by atoms with Crippen LogP contribution in [-0.4, -0.2) is 52.4 Å². The molecule has 0 bridgehead atoms. The van der Waals surface area contributed by atoms with Crippen molar-refractivity contribution < 1.29 is 18.9 Å². The molecule has 14 heavy (non-hydrogen) atoms. The third kappa shape index (κ3) is 5.54. The van der Waals surface area contributed by atoms with Crippen LogP contribution in [0.2, 0.25) is 0 Å². The highest BCUT2D eigenvalue weighted by molar-refractivity contribution is 4.64. The summed E-state index contributed by atoms with van der Waals surface area (Å²) < 4.78 is 21.0. The van der Waals surface area contributed by atoms with E-state index in [9.17, 15) is 0 Å². The summed E-state index contributed by atoms with van der Waals surface area (Å²) in [7, 11) is 0. The zero-order valence-corrected chi connectivity index (χ0v) is 8.87. The van der Waals surface area contributed by atoms with Gasteiger partial charge in [-0.2, -0.15) is 0 Å². The van der Waals surface area contributed by atoms with Gasteiger partial charge in [0.2, 0.25) is 0 Å². The zero-order valence-electron chi connectivity index (χ0n) is 8.87. The van der Waals surface area contributed by atoms with Gasteiger partial charge >= 0.3 is 0 Å². The predicted molar refractivity (Wildman–Crippen MR) is 52.5 cm³/mol. The van der Waals surface area contributed by atoms with Gasteiger partial charge in [-0.3, -0.25) is 0 Å². The van der Waals surface area contributed by atoms with Crippen molar-refractivity contribution in [2.45, 2.75) is 19.4 Å². The molecule has 1 aliphatic rings. The molecule has 1 aliphatic heterocycles. The minimum absolute atomic E-state index is 0.332. The van der Waals surface area contributed by atoms with Crippen molar-refractivity contribution in [3.8, 4) is 0 Å². The van der Waals surface area contributed by atoms with Crippen molar-refractivity contribution in [3.05, 3.63) is 0 Å². The Morgan fingerprint density at radius 1 is 1.07 bits per heavy atom. The average Bonchev–Trinajstić information content (AvgIpc) is 2.13. The van der Waals surface area contributed by atoms with Crippen molar-refractivity contribution in [3.63, 3.8) is 0 Å². The fraction of sp³-hybridized carbons (Fsp3) is 1.00. The molecule has 0 aliphatic carbocycles. The van der Waals surface area contributed by atoms with Crippen LogP contribution < -0.4 is 0 Å². The second-order valence-corrected chi connectivity index (χ2v) is 3.17. The normalized spacial score (nSPS) is 20.8. The topological polar surface area (TPSA) is 36.9 Å². The van der Waals surface area contributed by atoms with Gasteiger partial charge in [-0.25, -0.2) is 0 Å². The highest BCUT2D eigenvalue weighted by Gasteiger charge is 2.17. The first-order valence-electron chi connectivity index (χ1n) is 5.28. The van der Waals surface area contributed by atoms with Crippen LogP contribution in [0.3, 0.4) is 0 Å². The third-order valence-electron chi connectivity index (χ3n) is 2.05. The summed E-state index contributed by atoms with van der Waals surface area (Å²) in [5.41, 5.74) is 0. The molecule has 0 aromatic rings. The van der Waals surface area contributed by atoms with Crippen molar-refractivity contribution in [1.82, 2.24) is 0 Å². The van der Waals surface area contributed by atoms with Crippen LogP contribution in [-0.2, 0) is 18.9 Å². The highest BCUT2D eigenvalue weighted by Crippen LogP contribution is 2.10. The smallest absolute Gasteiger partial charge is 0.0830 e. The Labute approximate surface area is 85.5 Å². The summed E-state index contributed by atoms with van der Waals surface area (Å²) in [5, 5.41) is 0. The molecule has 0 spiro atoms. The van der Waals surface area contributed by atoms with Gasteiger partial charge in [-0.15, -0.1) is 0 Å². The van der Waals surface area contributed by atoms with Crippen LogP contribution in [0, 0.1) is 0 Å². The molecule has 1 rings (SSSR count). The van der Waals surface area contributed by atoms with Crippen molar-refractivity contribution in [2.75, 3.05) is 46.2 Å². The standard InChI is InChI=1S/C10H20O4/c1-2-11-5-6-12-7-8-13-9-10-3-4-14-10/h10H,2-9H2,1H3. The van der Waals surface area contributed by atoms with Crippen molar-refractivity contribution in [2.24, 2.45) is 0 Å². The minimum Gasteiger partial charge on any atom is -0.379 e. The molecule has 1 heterocycles. The van der Waals surface area contributed by atoms with E-state index < -0.39 is 0 Å². The number of ether oxygens (including phenoxy) is 4. The average molecular weight is 204 g/mol. The van der Waals surface area contributed by atoms with E-state index in [0.29, 0.717) is 39.1 Å². The SMILES string of the molecule is CCOCCOCCOCC1CCO1. The molecule has 0 saturated carbocycles. The Morgan fingerprint density at radius 2 is 1.71 bits per heavy atom. The Bertz CT molecular complexity index is 125. The van der Waals surface area contributed by atoms with Gasteiger partial charge < -0.3 is 18.9 Å². The van der Waals surface area contributed by atoms with Crippen LogP contribution in [0.5, 0.6) is 0 Å². The van der Waals surface area contributed by atoms with E-state index in [0.717, 1.165) is 19.6 Å². The second kappa shape index (κ2) is 8.17. The van der Waals surface area contributed by atoms with Gasteiger partial charge in [0.05, 0.1) is 39.1 Å². The molecule has 0 N–H and O–H groups in total. The number of hydrogen-bond acceptors (Lipinski definition) is 4. The summed E-state index contributed by atoms with van der Waals surface area (Å²) in [6.07, 6.45) is 1.46. The van der Waals surface area contributed by atoms with Crippen LogP contribution in [0.15, 0.2) is 0 Å². The monoisotopic (exact) mass is 204 g/mol. The fourth-order valence-corrected chi connectivity index (χ4v) is 1.11. The quantitative estimate of drug-likeness (QED) is 0.522. The van der Waals surface area contributed by atoms with Crippen LogP contribution in [0.1, 0.15) is 13.3 Å². The lowest BCUT2D eigenvalue weighted by Gasteiger charge is -2.25. The first kappa shape index (κ1) is 11.9. The Balaban J connectivity index is 1.67.